The Kier molecular flexibility index (Phi) is 5.78. The van der Waals surface area contributed by atoms with Crippen LogP contribution in [0.4, 0.5) is 14.5 Å². The predicted octanol–water partition coefficient (Wildman–Crippen LogP) is 4.50. The molecule has 0 saturated carbocycles. The van der Waals surface area contributed by atoms with Crippen LogP contribution < -0.4 is 10.6 Å². The maximum absolute atomic E-state index is 13.5. The lowest BCUT2D eigenvalue weighted by molar-refractivity contribution is 0.0536. The standard InChI is InChI=1S/C14H10BrCl2F2N3O/c15-8-1-6-11(20-7-8)12(23)22-13(14(17,18)19)21-10-4-2-9(16)3-5-10/h1-7,13,21H,(H,22,23). The molecule has 0 radical (unpaired) electrons. The molecule has 1 amide bonds. The van der Waals surface area contributed by atoms with Gasteiger partial charge in [-0.25, -0.2) is 4.98 Å². The van der Waals surface area contributed by atoms with Crippen molar-refractivity contribution >= 4 is 50.7 Å². The van der Waals surface area contributed by atoms with Crippen LogP contribution in [0.5, 0.6) is 0 Å². The van der Waals surface area contributed by atoms with E-state index in [1.807, 2.05) is 0 Å². The zero-order valence-corrected chi connectivity index (χ0v) is 14.5. The summed E-state index contributed by atoms with van der Waals surface area (Å²) in [5.74, 6) is -0.788. The summed E-state index contributed by atoms with van der Waals surface area (Å²) < 4.78 is 27.7. The number of alkyl halides is 3. The van der Waals surface area contributed by atoms with E-state index in [0.29, 0.717) is 15.2 Å². The van der Waals surface area contributed by atoms with Crippen LogP contribution in [0.1, 0.15) is 10.5 Å². The van der Waals surface area contributed by atoms with E-state index < -0.39 is 17.5 Å². The molecule has 2 rings (SSSR count). The minimum Gasteiger partial charge on any atom is -0.359 e. The van der Waals surface area contributed by atoms with Gasteiger partial charge in [0.25, 0.3) is 5.91 Å². The van der Waals surface area contributed by atoms with Crippen LogP contribution in [0.25, 0.3) is 0 Å². The van der Waals surface area contributed by atoms with E-state index >= 15 is 0 Å². The topological polar surface area (TPSA) is 54.0 Å². The van der Waals surface area contributed by atoms with Gasteiger partial charge in [0.15, 0.2) is 6.17 Å². The molecule has 122 valence electrons. The van der Waals surface area contributed by atoms with Crippen LogP contribution in [0, 0.1) is 0 Å². The molecule has 0 saturated heterocycles. The summed E-state index contributed by atoms with van der Waals surface area (Å²) in [6, 6.07) is 8.98. The summed E-state index contributed by atoms with van der Waals surface area (Å²) in [6.45, 7) is 0. The summed E-state index contributed by atoms with van der Waals surface area (Å²) in [5.41, 5.74) is 0.306. The molecule has 9 heteroatoms. The van der Waals surface area contributed by atoms with Gasteiger partial charge < -0.3 is 10.6 Å². The Bertz CT molecular complexity index is 678. The Morgan fingerprint density at radius 3 is 2.39 bits per heavy atom. The van der Waals surface area contributed by atoms with Crippen LogP contribution in [-0.4, -0.2) is 22.4 Å². The van der Waals surface area contributed by atoms with Crippen molar-refractivity contribution in [2.24, 2.45) is 0 Å². The Hall–Kier alpha value is -1.44. The molecule has 23 heavy (non-hydrogen) atoms. The maximum Gasteiger partial charge on any atom is 0.359 e. The van der Waals surface area contributed by atoms with Crippen LogP contribution in [0.2, 0.25) is 5.02 Å². The number of pyridine rings is 1. The number of benzene rings is 1. The molecule has 1 unspecified atom stereocenters. The van der Waals surface area contributed by atoms with E-state index in [9.17, 15) is 13.6 Å². The van der Waals surface area contributed by atoms with Crippen LogP contribution in [0.15, 0.2) is 47.1 Å². The highest BCUT2D eigenvalue weighted by Crippen LogP contribution is 2.26. The van der Waals surface area contributed by atoms with Crippen molar-refractivity contribution in [1.82, 2.24) is 10.3 Å². The summed E-state index contributed by atoms with van der Waals surface area (Å²) in [5, 5.41) is 1.30. The molecule has 1 atom stereocenters. The minimum absolute atomic E-state index is 0.0166. The van der Waals surface area contributed by atoms with Gasteiger partial charge in [-0.3, -0.25) is 4.79 Å². The van der Waals surface area contributed by atoms with Gasteiger partial charge in [0.1, 0.15) is 5.69 Å². The fraction of sp³-hybridized carbons (Fsp3) is 0.143. The van der Waals surface area contributed by atoms with Gasteiger partial charge in [-0.2, -0.15) is 8.78 Å². The third-order valence-electron chi connectivity index (χ3n) is 2.72. The largest absolute Gasteiger partial charge is 0.359 e. The monoisotopic (exact) mass is 423 g/mol. The van der Waals surface area contributed by atoms with E-state index in [2.05, 4.69) is 31.5 Å². The number of rotatable bonds is 5. The average molecular weight is 425 g/mol. The third kappa shape index (κ3) is 5.30. The lowest BCUT2D eigenvalue weighted by Gasteiger charge is -2.24. The molecule has 1 aromatic heterocycles. The molecule has 0 aliphatic carbocycles. The Labute approximate surface area is 149 Å². The average Bonchev–Trinajstić information content (AvgIpc) is 2.48. The minimum atomic E-state index is -3.72. The van der Waals surface area contributed by atoms with Gasteiger partial charge in [-0.15, -0.1) is 0 Å². The number of amides is 1. The Balaban J connectivity index is 2.14. The van der Waals surface area contributed by atoms with Gasteiger partial charge in [-0.1, -0.05) is 11.6 Å². The summed E-state index contributed by atoms with van der Waals surface area (Å²) in [4.78, 5) is 15.9. The molecule has 0 bridgehead atoms. The van der Waals surface area contributed by atoms with Crippen molar-refractivity contribution in [3.8, 4) is 0 Å². The first kappa shape index (κ1) is 17.9. The zero-order valence-electron chi connectivity index (χ0n) is 11.4. The molecule has 2 aromatic rings. The smallest absolute Gasteiger partial charge is 0.359 e. The van der Waals surface area contributed by atoms with Gasteiger partial charge in [0.05, 0.1) is 0 Å². The predicted molar refractivity (Wildman–Crippen MR) is 89.1 cm³/mol. The molecule has 0 aliphatic rings. The van der Waals surface area contributed by atoms with Crippen LogP contribution in [0.3, 0.4) is 0 Å². The van der Waals surface area contributed by atoms with Crippen molar-refractivity contribution < 1.29 is 13.6 Å². The van der Waals surface area contributed by atoms with Crippen molar-refractivity contribution in [2.75, 3.05) is 5.32 Å². The Morgan fingerprint density at radius 2 is 1.87 bits per heavy atom. The van der Waals surface area contributed by atoms with Gasteiger partial charge in [0.2, 0.25) is 0 Å². The van der Waals surface area contributed by atoms with Crippen LogP contribution >= 0.6 is 39.1 Å². The molecule has 0 fully saturated rings. The first-order valence-electron chi connectivity index (χ1n) is 6.27. The lowest BCUT2D eigenvalue weighted by atomic mass is 10.3. The van der Waals surface area contributed by atoms with Crippen molar-refractivity contribution in [3.05, 3.63) is 57.8 Å². The Morgan fingerprint density at radius 1 is 1.22 bits per heavy atom. The first-order valence-corrected chi connectivity index (χ1v) is 7.82. The zero-order chi connectivity index (χ0) is 17.0. The number of halogens is 5. The number of carbonyl (C=O) groups is 1. The lowest BCUT2D eigenvalue weighted by Crippen LogP contribution is -2.50. The number of hydrogen-bond donors (Lipinski definition) is 2. The normalized spacial score (nSPS) is 12.6. The maximum atomic E-state index is 13.5. The molecule has 0 spiro atoms. The second-order valence-electron chi connectivity index (χ2n) is 4.46. The molecule has 1 heterocycles. The highest BCUT2D eigenvalue weighted by atomic mass is 79.9. The van der Waals surface area contributed by atoms with E-state index in [0.717, 1.165) is 0 Å². The molecule has 2 N–H and O–H groups in total. The number of nitrogens with zero attached hydrogens (tertiary/aromatic N) is 1. The molecular weight excluding hydrogens is 415 g/mol. The van der Waals surface area contributed by atoms with E-state index in [1.165, 1.54) is 36.5 Å². The molecule has 1 aromatic carbocycles. The third-order valence-corrected chi connectivity index (χ3v) is 3.66. The first-order chi connectivity index (χ1) is 10.8. The molecule has 4 nitrogen and oxygen atoms in total. The summed E-state index contributed by atoms with van der Waals surface area (Å²) in [7, 11) is 0. The van der Waals surface area contributed by atoms with Crippen molar-refractivity contribution in [2.45, 2.75) is 11.5 Å². The number of nitrogens with one attached hydrogen (secondary N) is 2. The van der Waals surface area contributed by atoms with Gasteiger partial charge in [-0.05, 0) is 63.9 Å². The van der Waals surface area contributed by atoms with E-state index in [4.69, 9.17) is 23.2 Å². The van der Waals surface area contributed by atoms with Crippen molar-refractivity contribution in [3.63, 3.8) is 0 Å². The summed E-state index contributed by atoms with van der Waals surface area (Å²) in [6.07, 6.45) is -0.446. The van der Waals surface area contributed by atoms with Crippen molar-refractivity contribution in [1.29, 1.82) is 0 Å². The SMILES string of the molecule is O=C(NC(Nc1ccc(Cl)cc1)C(F)(F)Cl)c1ccc(Br)cn1. The number of aromatic nitrogens is 1. The quantitative estimate of drug-likeness (QED) is 0.548. The summed E-state index contributed by atoms with van der Waals surface area (Å²) >= 11 is 14.0. The molecular formula is C14H10BrCl2F2N3O. The number of carbonyl (C=O) groups excluding carboxylic acids is 1. The number of hydrogen-bond acceptors (Lipinski definition) is 3. The van der Waals surface area contributed by atoms with Gasteiger partial charge in [0, 0.05) is 21.4 Å². The number of anilines is 1. The highest BCUT2D eigenvalue weighted by molar-refractivity contribution is 9.10. The fourth-order valence-electron chi connectivity index (χ4n) is 1.63. The second kappa shape index (κ2) is 7.42. The fourth-order valence-corrected chi connectivity index (χ4v) is 2.10. The second-order valence-corrected chi connectivity index (χ2v) is 6.32. The highest BCUT2D eigenvalue weighted by Gasteiger charge is 2.38. The molecule has 0 aliphatic heterocycles. The van der Waals surface area contributed by atoms with E-state index in [1.54, 1.807) is 6.07 Å². The van der Waals surface area contributed by atoms with E-state index in [-0.39, 0.29) is 5.69 Å². The van der Waals surface area contributed by atoms with Gasteiger partial charge >= 0.3 is 5.38 Å². The van der Waals surface area contributed by atoms with Crippen LogP contribution in [-0.2, 0) is 0 Å².